The smallest absolute Gasteiger partial charge is 0.0900 e. The lowest BCUT2D eigenvalue weighted by atomic mass is 10.1. The molecule has 0 bridgehead atoms. The number of hydrogen-bond acceptors (Lipinski definition) is 4. The minimum absolute atomic E-state index is 0.330. The van der Waals surface area contributed by atoms with Gasteiger partial charge in [-0.3, -0.25) is 0 Å². The molecular weight excluding hydrogens is 220 g/mol. The molecule has 4 heteroatoms. The minimum atomic E-state index is 0.330. The zero-order chi connectivity index (χ0) is 11.5. The summed E-state index contributed by atoms with van der Waals surface area (Å²) in [6.07, 6.45) is 2.38. The van der Waals surface area contributed by atoms with Gasteiger partial charge in [-0.15, -0.1) is 11.3 Å². The normalized spacial score (nSPS) is 23.3. The fraction of sp³-hybridized carbons (Fsp3) is 0.750. The van der Waals surface area contributed by atoms with E-state index in [1.807, 2.05) is 0 Å². The molecule has 2 heterocycles. The van der Waals surface area contributed by atoms with Crippen LogP contribution in [-0.4, -0.2) is 24.2 Å². The molecule has 0 aliphatic carbocycles. The maximum Gasteiger partial charge on any atom is 0.0900 e. The first kappa shape index (κ1) is 12.0. The molecule has 1 aromatic rings. The van der Waals surface area contributed by atoms with E-state index >= 15 is 0 Å². The molecule has 1 N–H and O–H groups in total. The van der Waals surface area contributed by atoms with Gasteiger partial charge in [0.25, 0.3) is 0 Å². The van der Waals surface area contributed by atoms with Gasteiger partial charge in [0.1, 0.15) is 0 Å². The van der Waals surface area contributed by atoms with Crippen molar-refractivity contribution in [1.29, 1.82) is 0 Å². The summed E-state index contributed by atoms with van der Waals surface area (Å²) in [6.45, 7) is 8.16. The number of hydrogen-bond donors (Lipinski definition) is 1. The van der Waals surface area contributed by atoms with E-state index in [-0.39, 0.29) is 0 Å². The summed E-state index contributed by atoms with van der Waals surface area (Å²) < 4.78 is 5.47. The van der Waals surface area contributed by atoms with Crippen LogP contribution in [0.25, 0.3) is 0 Å². The number of aryl methyl sites for hydroxylation is 2. The SMILES string of the molecule is Cc1nc(C(C)NC2CCCOC2)c(C)s1. The van der Waals surface area contributed by atoms with Crippen molar-refractivity contribution in [3.63, 3.8) is 0 Å². The molecule has 1 aromatic heterocycles. The van der Waals surface area contributed by atoms with Crippen LogP contribution in [0.15, 0.2) is 0 Å². The Bertz CT molecular complexity index is 345. The highest BCUT2D eigenvalue weighted by Crippen LogP contribution is 2.23. The molecule has 16 heavy (non-hydrogen) atoms. The van der Waals surface area contributed by atoms with Gasteiger partial charge in [0.2, 0.25) is 0 Å². The van der Waals surface area contributed by atoms with Crippen molar-refractivity contribution in [3.8, 4) is 0 Å². The van der Waals surface area contributed by atoms with E-state index in [4.69, 9.17) is 4.74 Å². The Morgan fingerprint density at radius 3 is 2.88 bits per heavy atom. The molecule has 1 fully saturated rings. The van der Waals surface area contributed by atoms with E-state index in [2.05, 4.69) is 31.1 Å². The van der Waals surface area contributed by atoms with Gasteiger partial charge in [0.05, 0.1) is 17.3 Å². The van der Waals surface area contributed by atoms with Crippen molar-refractivity contribution >= 4 is 11.3 Å². The second kappa shape index (κ2) is 5.25. The predicted molar refractivity (Wildman–Crippen MR) is 67.0 cm³/mol. The number of ether oxygens (including phenoxy) is 1. The van der Waals surface area contributed by atoms with Crippen LogP contribution in [0.4, 0.5) is 0 Å². The van der Waals surface area contributed by atoms with Crippen molar-refractivity contribution in [2.24, 2.45) is 0 Å². The van der Waals surface area contributed by atoms with Crippen LogP contribution in [0.5, 0.6) is 0 Å². The van der Waals surface area contributed by atoms with Crippen LogP contribution in [0.2, 0.25) is 0 Å². The van der Waals surface area contributed by atoms with E-state index in [0.29, 0.717) is 12.1 Å². The lowest BCUT2D eigenvalue weighted by Gasteiger charge is -2.26. The van der Waals surface area contributed by atoms with Gasteiger partial charge in [-0.1, -0.05) is 0 Å². The Balaban J connectivity index is 1.96. The zero-order valence-corrected chi connectivity index (χ0v) is 11.1. The van der Waals surface area contributed by atoms with Crippen LogP contribution in [0, 0.1) is 13.8 Å². The minimum Gasteiger partial charge on any atom is -0.380 e. The average Bonchev–Trinajstić information content (AvgIpc) is 2.59. The summed E-state index contributed by atoms with van der Waals surface area (Å²) in [5, 5.41) is 4.76. The van der Waals surface area contributed by atoms with Crippen LogP contribution in [0.3, 0.4) is 0 Å². The fourth-order valence-corrected chi connectivity index (χ4v) is 3.17. The molecule has 2 rings (SSSR count). The van der Waals surface area contributed by atoms with E-state index in [9.17, 15) is 0 Å². The third kappa shape index (κ3) is 2.81. The van der Waals surface area contributed by atoms with Gasteiger partial charge in [-0.05, 0) is 33.6 Å². The van der Waals surface area contributed by atoms with Crippen molar-refractivity contribution in [2.45, 2.75) is 45.7 Å². The number of nitrogens with one attached hydrogen (secondary N) is 1. The highest BCUT2D eigenvalue weighted by Gasteiger charge is 2.19. The molecule has 0 aromatic carbocycles. The maximum absolute atomic E-state index is 5.47. The van der Waals surface area contributed by atoms with Crippen LogP contribution in [0.1, 0.15) is 41.4 Å². The summed E-state index contributed by atoms with van der Waals surface area (Å²) in [4.78, 5) is 5.92. The summed E-state index contributed by atoms with van der Waals surface area (Å²) in [6, 6.07) is 0.821. The second-order valence-corrected chi connectivity index (χ2v) is 5.88. The molecule has 0 spiro atoms. The van der Waals surface area contributed by atoms with Gasteiger partial charge < -0.3 is 10.1 Å². The standard InChI is InChI=1S/C12H20N2OS/c1-8(12-9(2)16-10(3)14-12)13-11-5-4-6-15-7-11/h8,11,13H,4-7H2,1-3H3. The third-order valence-corrected chi connectivity index (χ3v) is 3.90. The van der Waals surface area contributed by atoms with E-state index in [0.717, 1.165) is 18.2 Å². The third-order valence-electron chi connectivity index (χ3n) is 3.00. The highest BCUT2D eigenvalue weighted by atomic mass is 32.1. The van der Waals surface area contributed by atoms with Gasteiger partial charge in [0, 0.05) is 23.6 Å². The molecule has 2 unspecified atom stereocenters. The number of thiazole rings is 1. The average molecular weight is 240 g/mol. The fourth-order valence-electron chi connectivity index (χ4n) is 2.25. The van der Waals surface area contributed by atoms with Crippen LogP contribution >= 0.6 is 11.3 Å². The predicted octanol–water partition coefficient (Wildman–Crippen LogP) is 2.59. The Kier molecular flexibility index (Phi) is 3.95. The van der Waals surface area contributed by atoms with Crippen LogP contribution in [-0.2, 0) is 4.74 Å². The largest absolute Gasteiger partial charge is 0.380 e. The quantitative estimate of drug-likeness (QED) is 0.882. The first-order valence-corrected chi connectivity index (χ1v) is 6.76. The second-order valence-electron chi connectivity index (χ2n) is 4.48. The first-order valence-electron chi connectivity index (χ1n) is 5.94. The Morgan fingerprint density at radius 2 is 2.31 bits per heavy atom. The van der Waals surface area contributed by atoms with Crippen molar-refractivity contribution < 1.29 is 4.74 Å². The molecule has 2 atom stereocenters. The lowest BCUT2D eigenvalue weighted by molar-refractivity contribution is 0.0669. The lowest BCUT2D eigenvalue weighted by Crippen LogP contribution is -2.38. The van der Waals surface area contributed by atoms with Crippen LogP contribution < -0.4 is 5.32 Å². The molecule has 0 saturated carbocycles. The highest BCUT2D eigenvalue weighted by molar-refractivity contribution is 7.11. The van der Waals surface area contributed by atoms with Crippen molar-refractivity contribution in [1.82, 2.24) is 10.3 Å². The molecule has 3 nitrogen and oxygen atoms in total. The molecule has 0 radical (unpaired) electrons. The maximum atomic E-state index is 5.47. The van der Waals surface area contributed by atoms with Crippen molar-refractivity contribution in [2.75, 3.05) is 13.2 Å². The summed E-state index contributed by atoms with van der Waals surface area (Å²) in [7, 11) is 0. The van der Waals surface area contributed by atoms with E-state index in [1.165, 1.54) is 23.4 Å². The summed E-state index contributed by atoms with van der Waals surface area (Å²) >= 11 is 1.78. The van der Waals surface area contributed by atoms with Gasteiger partial charge in [-0.2, -0.15) is 0 Å². The molecular formula is C12H20N2OS. The molecule has 1 aliphatic rings. The summed E-state index contributed by atoms with van der Waals surface area (Å²) in [5.41, 5.74) is 1.20. The summed E-state index contributed by atoms with van der Waals surface area (Å²) in [5.74, 6) is 0. The Morgan fingerprint density at radius 1 is 1.50 bits per heavy atom. The topological polar surface area (TPSA) is 34.2 Å². The molecule has 1 aliphatic heterocycles. The number of aromatic nitrogens is 1. The first-order chi connectivity index (χ1) is 7.66. The zero-order valence-electron chi connectivity index (χ0n) is 10.2. The van der Waals surface area contributed by atoms with E-state index in [1.54, 1.807) is 11.3 Å². The molecule has 1 saturated heterocycles. The van der Waals surface area contributed by atoms with Crippen molar-refractivity contribution in [3.05, 3.63) is 15.6 Å². The monoisotopic (exact) mass is 240 g/mol. The Hall–Kier alpha value is -0.450. The van der Waals surface area contributed by atoms with Gasteiger partial charge in [-0.25, -0.2) is 4.98 Å². The molecule has 0 amide bonds. The molecule has 90 valence electrons. The number of nitrogens with zero attached hydrogens (tertiary/aromatic N) is 1. The van der Waals surface area contributed by atoms with Gasteiger partial charge in [0.15, 0.2) is 0 Å². The number of rotatable bonds is 3. The van der Waals surface area contributed by atoms with E-state index < -0.39 is 0 Å². The van der Waals surface area contributed by atoms with Gasteiger partial charge >= 0.3 is 0 Å². The Labute approximate surface area is 101 Å².